The summed E-state index contributed by atoms with van der Waals surface area (Å²) in [6.07, 6.45) is 0.369. The van der Waals surface area contributed by atoms with Gasteiger partial charge >= 0.3 is 0 Å². The summed E-state index contributed by atoms with van der Waals surface area (Å²) in [6.45, 7) is 4.11. The van der Waals surface area contributed by atoms with E-state index in [-0.39, 0.29) is 11.3 Å². The molecule has 0 radical (unpaired) electrons. The number of alkyl halides is 1. The number of hydrogen-bond donors (Lipinski definition) is 0. The second kappa shape index (κ2) is 6.81. The number of halogens is 1. The van der Waals surface area contributed by atoms with Gasteiger partial charge in [0, 0.05) is 11.8 Å². The fourth-order valence-electron chi connectivity index (χ4n) is 4.60. The topological polar surface area (TPSA) is 34.1 Å². The molecule has 0 N–H and O–H groups in total. The van der Waals surface area contributed by atoms with Crippen molar-refractivity contribution in [2.24, 2.45) is 0 Å². The molecule has 150 valence electrons. The molecule has 0 amide bonds. The third-order valence-electron chi connectivity index (χ3n) is 6.22. The summed E-state index contributed by atoms with van der Waals surface area (Å²) < 4.78 is 43.1. The molecule has 29 heavy (non-hydrogen) atoms. The molecule has 0 aliphatic heterocycles. The van der Waals surface area contributed by atoms with Gasteiger partial charge in [-0.1, -0.05) is 92.7 Å². The van der Waals surface area contributed by atoms with Crippen molar-refractivity contribution in [3.05, 3.63) is 102 Å². The first-order chi connectivity index (χ1) is 13.7. The van der Waals surface area contributed by atoms with Crippen LogP contribution in [0.4, 0.5) is 4.39 Å². The quantitative estimate of drug-likeness (QED) is 0.514. The highest BCUT2D eigenvalue weighted by atomic mass is 32.2. The van der Waals surface area contributed by atoms with Crippen molar-refractivity contribution in [2.75, 3.05) is 0 Å². The zero-order valence-corrected chi connectivity index (χ0v) is 17.5. The minimum Gasteiger partial charge on any atom is -0.225 e. The number of rotatable bonds is 6. The average molecular weight is 409 g/mol. The predicted octanol–water partition coefficient (Wildman–Crippen LogP) is 5.84. The Morgan fingerprint density at radius 3 is 1.86 bits per heavy atom. The summed E-state index contributed by atoms with van der Waals surface area (Å²) in [6, 6.07) is 27.1. The van der Waals surface area contributed by atoms with Gasteiger partial charge < -0.3 is 0 Å². The Kier molecular flexibility index (Phi) is 4.66. The Balaban J connectivity index is 1.81. The van der Waals surface area contributed by atoms with E-state index < -0.39 is 25.7 Å². The molecule has 0 heterocycles. The maximum absolute atomic E-state index is 16.4. The van der Waals surface area contributed by atoms with E-state index in [2.05, 4.69) is 13.8 Å². The Morgan fingerprint density at radius 2 is 1.31 bits per heavy atom. The van der Waals surface area contributed by atoms with Gasteiger partial charge in [-0.25, -0.2) is 12.8 Å². The Labute approximate surface area is 172 Å². The minimum absolute atomic E-state index is 0.0303. The van der Waals surface area contributed by atoms with Gasteiger partial charge in [0.25, 0.3) is 0 Å². The van der Waals surface area contributed by atoms with Gasteiger partial charge in [0.15, 0.2) is 0 Å². The van der Waals surface area contributed by atoms with E-state index in [1.807, 2.05) is 60.7 Å². The highest BCUT2D eigenvalue weighted by Gasteiger charge is 2.77. The summed E-state index contributed by atoms with van der Waals surface area (Å²) in [5, 5.41) is -2.32. The first kappa shape index (κ1) is 19.8. The lowest BCUT2D eigenvalue weighted by atomic mass is 9.73. The maximum atomic E-state index is 16.4. The first-order valence-corrected chi connectivity index (χ1v) is 11.3. The molecule has 1 fully saturated rings. The van der Waals surface area contributed by atoms with Crippen LogP contribution >= 0.6 is 0 Å². The number of hydrogen-bond acceptors (Lipinski definition) is 2. The fourth-order valence-corrected chi connectivity index (χ4v) is 6.63. The molecule has 4 rings (SSSR count). The van der Waals surface area contributed by atoms with E-state index in [1.165, 1.54) is 12.1 Å². The van der Waals surface area contributed by atoms with Crippen LogP contribution in [0.2, 0.25) is 0 Å². The fraction of sp³-hybridized carbons (Fsp3) is 0.280. The molecule has 3 aromatic rings. The van der Waals surface area contributed by atoms with Crippen LogP contribution in [0, 0.1) is 0 Å². The molecule has 1 aliphatic carbocycles. The van der Waals surface area contributed by atoms with Gasteiger partial charge in [0.2, 0.25) is 14.8 Å². The van der Waals surface area contributed by atoms with Gasteiger partial charge in [0.1, 0.15) is 0 Å². The third-order valence-corrected chi connectivity index (χ3v) is 8.50. The number of sulfone groups is 1. The standard InChI is InChI=1S/C25H25FO2S/c1-23(2,20-12-6-3-7-13-20)18-24(21-14-8-4-9-15-21)19-25(24,26)29(27,28)22-16-10-5-11-17-22/h3-17H,18-19H2,1-2H3. The number of benzene rings is 3. The monoisotopic (exact) mass is 408 g/mol. The summed E-state index contributed by atoms with van der Waals surface area (Å²) in [4.78, 5) is 0.0397. The van der Waals surface area contributed by atoms with E-state index >= 15 is 4.39 Å². The molecule has 2 unspecified atom stereocenters. The molecular formula is C25H25FO2S. The zero-order chi connectivity index (χ0) is 20.8. The van der Waals surface area contributed by atoms with Crippen molar-refractivity contribution in [1.82, 2.24) is 0 Å². The van der Waals surface area contributed by atoms with Gasteiger partial charge in [-0.15, -0.1) is 0 Å². The van der Waals surface area contributed by atoms with Crippen LogP contribution in [0.1, 0.15) is 37.8 Å². The Hall–Kier alpha value is -2.46. The molecule has 2 nitrogen and oxygen atoms in total. The van der Waals surface area contributed by atoms with Crippen molar-refractivity contribution >= 4 is 9.84 Å². The lowest BCUT2D eigenvalue weighted by Gasteiger charge is -2.32. The third kappa shape index (κ3) is 3.10. The first-order valence-electron chi connectivity index (χ1n) is 9.83. The highest BCUT2D eigenvalue weighted by Crippen LogP contribution is 2.68. The van der Waals surface area contributed by atoms with Crippen LogP contribution in [-0.2, 0) is 20.7 Å². The summed E-state index contributed by atoms with van der Waals surface area (Å²) in [5.74, 6) is 0. The van der Waals surface area contributed by atoms with E-state index in [0.717, 1.165) is 11.1 Å². The van der Waals surface area contributed by atoms with Crippen LogP contribution < -0.4 is 0 Å². The van der Waals surface area contributed by atoms with Crippen molar-refractivity contribution in [2.45, 2.75) is 47.4 Å². The second-order valence-electron chi connectivity index (χ2n) is 8.60. The van der Waals surface area contributed by atoms with E-state index in [4.69, 9.17) is 0 Å². The molecule has 3 aromatic carbocycles. The van der Waals surface area contributed by atoms with Crippen molar-refractivity contribution in [3.63, 3.8) is 0 Å². The molecule has 0 aromatic heterocycles. The Morgan fingerprint density at radius 1 is 0.828 bits per heavy atom. The second-order valence-corrected chi connectivity index (χ2v) is 10.7. The molecule has 1 aliphatic rings. The maximum Gasteiger partial charge on any atom is 0.225 e. The molecule has 0 spiro atoms. The Bertz CT molecular complexity index is 1100. The molecule has 1 saturated carbocycles. The van der Waals surface area contributed by atoms with Gasteiger partial charge in [-0.05, 0) is 35.1 Å². The van der Waals surface area contributed by atoms with E-state index in [1.54, 1.807) is 18.2 Å². The van der Waals surface area contributed by atoms with E-state index in [9.17, 15) is 8.42 Å². The summed E-state index contributed by atoms with van der Waals surface area (Å²) >= 11 is 0. The summed E-state index contributed by atoms with van der Waals surface area (Å²) in [5.41, 5.74) is 0.340. The largest absolute Gasteiger partial charge is 0.225 e. The van der Waals surface area contributed by atoms with Crippen molar-refractivity contribution in [1.29, 1.82) is 0 Å². The molecule has 0 saturated heterocycles. The smallest absolute Gasteiger partial charge is 0.225 e. The van der Waals surface area contributed by atoms with Crippen LogP contribution in [-0.4, -0.2) is 13.4 Å². The van der Waals surface area contributed by atoms with Crippen LogP contribution in [0.15, 0.2) is 95.9 Å². The lowest BCUT2D eigenvalue weighted by molar-refractivity contribution is 0.308. The van der Waals surface area contributed by atoms with Crippen molar-refractivity contribution < 1.29 is 12.8 Å². The van der Waals surface area contributed by atoms with Crippen LogP contribution in [0.25, 0.3) is 0 Å². The lowest BCUT2D eigenvalue weighted by Crippen LogP contribution is -2.34. The van der Waals surface area contributed by atoms with Gasteiger partial charge in [0.05, 0.1) is 4.90 Å². The molecule has 0 bridgehead atoms. The molecular weight excluding hydrogens is 383 g/mol. The normalized spacial score (nSPS) is 24.2. The highest BCUT2D eigenvalue weighted by molar-refractivity contribution is 7.93. The minimum atomic E-state index is -4.14. The van der Waals surface area contributed by atoms with Gasteiger partial charge in [-0.2, -0.15) is 0 Å². The zero-order valence-electron chi connectivity index (χ0n) is 16.7. The van der Waals surface area contributed by atoms with Crippen LogP contribution in [0.3, 0.4) is 0 Å². The average Bonchev–Trinajstić information content (AvgIpc) is 3.36. The molecule has 2 atom stereocenters. The van der Waals surface area contributed by atoms with Crippen molar-refractivity contribution in [3.8, 4) is 0 Å². The predicted molar refractivity (Wildman–Crippen MR) is 114 cm³/mol. The molecule has 4 heteroatoms. The summed E-state index contributed by atoms with van der Waals surface area (Å²) in [7, 11) is -4.14. The van der Waals surface area contributed by atoms with Crippen LogP contribution in [0.5, 0.6) is 0 Å². The van der Waals surface area contributed by atoms with E-state index in [0.29, 0.717) is 6.42 Å². The van der Waals surface area contributed by atoms with Gasteiger partial charge in [-0.3, -0.25) is 0 Å². The SMILES string of the molecule is CC(C)(CC1(c2ccccc2)CC1(F)S(=O)(=O)c1ccccc1)c1ccccc1.